The van der Waals surface area contributed by atoms with Crippen molar-refractivity contribution in [3.8, 4) is 0 Å². The highest BCUT2D eigenvalue weighted by Crippen LogP contribution is 2.15. The van der Waals surface area contributed by atoms with Gasteiger partial charge in [-0.25, -0.2) is 9.59 Å². The standard InChI is InChI=1S/C32H48N2O7/c1-2-3-4-5-6-7-8-9-10-11-12-13-17-20-28(35)33-27(32(39)40-25-26-18-15-14-16-19-26)21-24-31(38)41-34-29(36)22-23-30(34)37/h14-16,18-19,27H,2-13,17,20-25H2,1H3,(H,33,35)/t27-/m1/s1. The first kappa shape index (κ1) is 34.0. The SMILES string of the molecule is CCCCCCCCCCCCCCCC(=O)N[C@H](CCC(=O)ON1C(=O)CCC1=O)C(=O)OCc1ccccc1. The van der Waals surface area contributed by atoms with Crippen LogP contribution in [0.25, 0.3) is 0 Å². The normalized spacial score (nSPS) is 13.7. The molecule has 1 saturated heterocycles. The second-order valence-corrected chi connectivity index (χ2v) is 10.8. The summed E-state index contributed by atoms with van der Waals surface area (Å²) >= 11 is 0. The molecule has 9 nitrogen and oxygen atoms in total. The van der Waals surface area contributed by atoms with Crippen LogP contribution in [0.5, 0.6) is 0 Å². The van der Waals surface area contributed by atoms with Gasteiger partial charge in [0.1, 0.15) is 12.6 Å². The lowest BCUT2D eigenvalue weighted by molar-refractivity contribution is -0.197. The lowest BCUT2D eigenvalue weighted by Gasteiger charge is -2.18. The van der Waals surface area contributed by atoms with Crippen molar-refractivity contribution in [2.45, 2.75) is 135 Å². The molecule has 0 radical (unpaired) electrons. The van der Waals surface area contributed by atoms with E-state index in [0.717, 1.165) is 31.2 Å². The van der Waals surface area contributed by atoms with Crippen LogP contribution in [0, 0.1) is 0 Å². The minimum atomic E-state index is -1.05. The van der Waals surface area contributed by atoms with Gasteiger partial charge in [0.15, 0.2) is 0 Å². The fourth-order valence-electron chi connectivity index (χ4n) is 4.72. The van der Waals surface area contributed by atoms with E-state index in [1.54, 1.807) is 0 Å². The van der Waals surface area contributed by atoms with Gasteiger partial charge in [-0.2, -0.15) is 0 Å². The van der Waals surface area contributed by atoms with Crippen molar-refractivity contribution in [2.24, 2.45) is 0 Å². The molecule has 1 heterocycles. The van der Waals surface area contributed by atoms with E-state index in [9.17, 15) is 24.0 Å². The molecular weight excluding hydrogens is 524 g/mol. The Labute approximate surface area is 244 Å². The van der Waals surface area contributed by atoms with Crippen LogP contribution in [-0.4, -0.2) is 40.8 Å². The number of unbranched alkanes of at least 4 members (excludes halogenated alkanes) is 12. The molecule has 0 saturated carbocycles. The second-order valence-electron chi connectivity index (χ2n) is 10.8. The van der Waals surface area contributed by atoms with Gasteiger partial charge < -0.3 is 14.9 Å². The molecule has 1 N–H and O–H groups in total. The maximum absolute atomic E-state index is 12.8. The van der Waals surface area contributed by atoms with Gasteiger partial charge in [0.2, 0.25) is 5.91 Å². The number of nitrogens with zero attached hydrogens (tertiary/aromatic N) is 1. The third kappa shape index (κ3) is 14.8. The predicted molar refractivity (Wildman–Crippen MR) is 155 cm³/mol. The number of carbonyl (C=O) groups is 5. The molecule has 1 aliphatic heterocycles. The van der Waals surface area contributed by atoms with Crippen LogP contribution in [0.15, 0.2) is 30.3 Å². The number of benzene rings is 1. The number of esters is 1. The molecule has 41 heavy (non-hydrogen) atoms. The van der Waals surface area contributed by atoms with Crippen molar-refractivity contribution in [3.05, 3.63) is 35.9 Å². The third-order valence-corrected chi connectivity index (χ3v) is 7.19. The molecule has 1 aliphatic rings. The lowest BCUT2D eigenvalue weighted by atomic mass is 10.0. The summed E-state index contributed by atoms with van der Waals surface area (Å²) in [6, 6.07) is 8.09. The fourth-order valence-corrected chi connectivity index (χ4v) is 4.72. The van der Waals surface area contributed by atoms with Gasteiger partial charge in [0.25, 0.3) is 11.8 Å². The summed E-state index contributed by atoms with van der Waals surface area (Å²) in [4.78, 5) is 65.9. The maximum Gasteiger partial charge on any atom is 0.333 e. The van der Waals surface area contributed by atoms with Gasteiger partial charge in [-0.15, -0.1) is 5.06 Å². The average molecular weight is 573 g/mol. The largest absolute Gasteiger partial charge is 0.459 e. The van der Waals surface area contributed by atoms with Crippen LogP contribution in [0.3, 0.4) is 0 Å². The Kier molecular flexibility index (Phi) is 17.1. The van der Waals surface area contributed by atoms with Crippen LogP contribution in [0.4, 0.5) is 0 Å². The number of amides is 3. The van der Waals surface area contributed by atoms with Crippen LogP contribution in [-0.2, 0) is 40.2 Å². The molecule has 3 amide bonds. The van der Waals surface area contributed by atoms with Crippen molar-refractivity contribution in [3.63, 3.8) is 0 Å². The van der Waals surface area contributed by atoms with E-state index in [4.69, 9.17) is 9.57 Å². The number of imide groups is 1. The van der Waals surface area contributed by atoms with Gasteiger partial charge in [0, 0.05) is 19.3 Å². The van der Waals surface area contributed by atoms with E-state index in [2.05, 4.69) is 12.2 Å². The van der Waals surface area contributed by atoms with Crippen LogP contribution in [0.1, 0.15) is 128 Å². The molecule has 0 spiro atoms. The number of hydroxylamine groups is 2. The number of ether oxygens (including phenoxy) is 1. The molecule has 0 bridgehead atoms. The third-order valence-electron chi connectivity index (χ3n) is 7.19. The molecular formula is C32H48N2O7. The highest BCUT2D eigenvalue weighted by molar-refractivity contribution is 6.01. The van der Waals surface area contributed by atoms with Gasteiger partial charge >= 0.3 is 11.9 Å². The lowest BCUT2D eigenvalue weighted by Crippen LogP contribution is -2.42. The Morgan fingerprint density at radius 3 is 1.88 bits per heavy atom. The monoisotopic (exact) mass is 572 g/mol. The molecule has 1 fully saturated rings. The number of hydrogen-bond acceptors (Lipinski definition) is 7. The molecule has 2 rings (SSSR count). The summed E-state index contributed by atoms with van der Waals surface area (Å²) in [5.41, 5.74) is 0.795. The van der Waals surface area contributed by atoms with Gasteiger partial charge in [0.05, 0.1) is 6.42 Å². The van der Waals surface area contributed by atoms with Crippen molar-refractivity contribution in [1.82, 2.24) is 10.4 Å². The summed E-state index contributed by atoms with van der Waals surface area (Å²) in [6.07, 6.45) is 15.6. The number of nitrogens with one attached hydrogen (secondary N) is 1. The summed E-state index contributed by atoms with van der Waals surface area (Å²) in [6.45, 7) is 2.27. The molecule has 1 aromatic carbocycles. The maximum atomic E-state index is 12.8. The molecule has 0 unspecified atom stereocenters. The Morgan fingerprint density at radius 2 is 1.32 bits per heavy atom. The molecule has 228 valence electrons. The molecule has 9 heteroatoms. The quantitative estimate of drug-likeness (QED) is 0.102. The first-order valence-electron chi connectivity index (χ1n) is 15.5. The zero-order valence-corrected chi connectivity index (χ0v) is 24.7. The van der Waals surface area contributed by atoms with Crippen molar-refractivity contribution >= 4 is 29.7 Å². The average Bonchev–Trinajstić information content (AvgIpc) is 3.29. The fraction of sp³-hybridized carbons (Fsp3) is 0.656. The van der Waals surface area contributed by atoms with E-state index in [-0.39, 0.29) is 44.6 Å². The molecule has 1 atom stereocenters. The summed E-state index contributed by atoms with van der Waals surface area (Å²) in [7, 11) is 0. The Balaban J connectivity index is 1.69. The van der Waals surface area contributed by atoms with E-state index in [1.165, 1.54) is 57.8 Å². The van der Waals surface area contributed by atoms with Crippen LogP contribution >= 0.6 is 0 Å². The summed E-state index contributed by atoms with van der Waals surface area (Å²) < 4.78 is 5.39. The van der Waals surface area contributed by atoms with Crippen molar-refractivity contribution in [1.29, 1.82) is 0 Å². The zero-order valence-electron chi connectivity index (χ0n) is 24.7. The highest BCUT2D eigenvalue weighted by atomic mass is 16.7. The Morgan fingerprint density at radius 1 is 0.780 bits per heavy atom. The van der Waals surface area contributed by atoms with E-state index < -0.39 is 29.8 Å². The summed E-state index contributed by atoms with van der Waals surface area (Å²) in [5.74, 6) is -2.93. The molecule has 1 aromatic rings. The first-order chi connectivity index (χ1) is 19.9. The second kappa shape index (κ2) is 20.6. The van der Waals surface area contributed by atoms with Crippen molar-refractivity contribution in [2.75, 3.05) is 0 Å². The minimum absolute atomic E-state index is 0.00417. The van der Waals surface area contributed by atoms with Gasteiger partial charge in [-0.05, 0) is 18.4 Å². The Hall–Kier alpha value is -3.23. The topological polar surface area (TPSA) is 119 Å². The van der Waals surface area contributed by atoms with E-state index in [0.29, 0.717) is 5.06 Å². The zero-order chi connectivity index (χ0) is 29.7. The van der Waals surface area contributed by atoms with E-state index >= 15 is 0 Å². The smallest absolute Gasteiger partial charge is 0.333 e. The molecule has 0 aromatic heterocycles. The number of hydrogen-bond donors (Lipinski definition) is 1. The first-order valence-corrected chi connectivity index (χ1v) is 15.5. The van der Waals surface area contributed by atoms with Gasteiger partial charge in [-0.1, -0.05) is 114 Å². The van der Waals surface area contributed by atoms with E-state index in [1.807, 2.05) is 30.3 Å². The van der Waals surface area contributed by atoms with Crippen LogP contribution in [0.2, 0.25) is 0 Å². The summed E-state index contributed by atoms with van der Waals surface area (Å²) in [5, 5.41) is 3.16. The minimum Gasteiger partial charge on any atom is -0.459 e. The number of carbonyl (C=O) groups excluding carboxylic acids is 5. The van der Waals surface area contributed by atoms with Crippen molar-refractivity contribution < 1.29 is 33.5 Å². The molecule has 0 aliphatic carbocycles. The highest BCUT2D eigenvalue weighted by Gasteiger charge is 2.33. The van der Waals surface area contributed by atoms with Gasteiger partial charge in [-0.3, -0.25) is 14.4 Å². The number of rotatable bonds is 22. The predicted octanol–water partition coefficient (Wildman–Crippen LogP) is 6.08. The Bertz CT molecular complexity index is 935. The van der Waals surface area contributed by atoms with Crippen LogP contribution < -0.4 is 5.32 Å².